The van der Waals surface area contributed by atoms with Crippen LogP contribution in [0.1, 0.15) is 21.5 Å². The smallest absolute Gasteiger partial charge is 0.260 e. The normalized spacial score (nSPS) is 11.2. The van der Waals surface area contributed by atoms with Gasteiger partial charge in [-0.3, -0.25) is 14.6 Å². The molecule has 0 aliphatic carbocycles. The van der Waals surface area contributed by atoms with E-state index in [1.807, 2.05) is 31.2 Å². The average molecular weight is 384 g/mol. The molecule has 2 aromatic heterocycles. The molecule has 0 amide bonds. The van der Waals surface area contributed by atoms with Gasteiger partial charge >= 0.3 is 0 Å². The van der Waals surface area contributed by atoms with Crippen molar-refractivity contribution in [3.8, 4) is 11.1 Å². The molecule has 1 N–H and O–H groups in total. The van der Waals surface area contributed by atoms with Gasteiger partial charge in [0.2, 0.25) is 0 Å². The molecule has 142 valence electrons. The minimum Gasteiger partial charge on any atom is -0.321 e. The van der Waals surface area contributed by atoms with Crippen LogP contribution in [0.25, 0.3) is 28.1 Å². The monoisotopic (exact) mass is 384 g/mol. The number of fused-ring (bicyclic) bond motifs is 1. The maximum Gasteiger partial charge on any atom is 0.260 e. The standard InChI is InChI=1S/C24H17FN2O2/c1-15-11-16(14-26-13-15)7-10-21(28)23-22(17-5-3-2-4-6-17)19-12-18(25)8-9-20(19)27-24(23)29/h2-14H,1H3,(H,27,29)/b10-7+. The van der Waals surface area contributed by atoms with Gasteiger partial charge in [-0.05, 0) is 60.0 Å². The number of hydrogen-bond acceptors (Lipinski definition) is 3. The van der Waals surface area contributed by atoms with Crippen LogP contribution in [0.5, 0.6) is 0 Å². The second-order valence-corrected chi connectivity index (χ2v) is 6.75. The van der Waals surface area contributed by atoms with Crippen LogP contribution >= 0.6 is 0 Å². The highest BCUT2D eigenvalue weighted by molar-refractivity contribution is 6.15. The molecular weight excluding hydrogens is 367 g/mol. The van der Waals surface area contributed by atoms with Crippen molar-refractivity contribution in [2.24, 2.45) is 0 Å². The Kier molecular flexibility index (Phi) is 4.87. The van der Waals surface area contributed by atoms with Gasteiger partial charge in [0.1, 0.15) is 5.82 Å². The highest BCUT2D eigenvalue weighted by atomic mass is 19.1. The molecule has 2 heterocycles. The van der Waals surface area contributed by atoms with E-state index in [2.05, 4.69) is 9.97 Å². The first-order chi connectivity index (χ1) is 14.0. The molecule has 0 bridgehead atoms. The molecule has 4 nitrogen and oxygen atoms in total. The zero-order chi connectivity index (χ0) is 20.4. The quantitative estimate of drug-likeness (QED) is 0.401. The lowest BCUT2D eigenvalue weighted by Gasteiger charge is -2.11. The molecule has 2 aromatic carbocycles. The number of rotatable bonds is 4. The number of carbonyl (C=O) groups excluding carboxylic acids is 1. The highest BCUT2D eigenvalue weighted by Gasteiger charge is 2.19. The lowest BCUT2D eigenvalue weighted by Crippen LogP contribution is -2.18. The van der Waals surface area contributed by atoms with Gasteiger partial charge in [0.05, 0.1) is 5.56 Å². The van der Waals surface area contributed by atoms with Gasteiger partial charge in [0.15, 0.2) is 5.78 Å². The summed E-state index contributed by atoms with van der Waals surface area (Å²) < 4.78 is 14.0. The summed E-state index contributed by atoms with van der Waals surface area (Å²) in [5, 5.41) is 0.477. The third kappa shape index (κ3) is 3.75. The Morgan fingerprint density at radius 3 is 2.62 bits per heavy atom. The van der Waals surface area contributed by atoms with E-state index < -0.39 is 17.2 Å². The van der Waals surface area contributed by atoms with Crippen molar-refractivity contribution in [2.75, 3.05) is 0 Å². The van der Waals surface area contributed by atoms with Gasteiger partial charge in [0.25, 0.3) is 5.56 Å². The van der Waals surface area contributed by atoms with E-state index in [0.717, 1.165) is 11.1 Å². The molecule has 4 rings (SSSR count). The molecule has 0 fully saturated rings. The second kappa shape index (κ2) is 7.64. The van der Waals surface area contributed by atoms with Crippen LogP contribution in [-0.2, 0) is 0 Å². The molecule has 0 aliphatic rings. The number of pyridine rings is 2. The van der Waals surface area contributed by atoms with Gasteiger partial charge in [-0.15, -0.1) is 0 Å². The molecule has 0 spiro atoms. The molecule has 0 aliphatic heterocycles. The number of benzene rings is 2. The van der Waals surface area contributed by atoms with Crippen LogP contribution < -0.4 is 5.56 Å². The van der Waals surface area contributed by atoms with E-state index in [-0.39, 0.29) is 5.56 Å². The largest absolute Gasteiger partial charge is 0.321 e. The summed E-state index contributed by atoms with van der Waals surface area (Å²) in [4.78, 5) is 32.6. The third-order valence-electron chi connectivity index (χ3n) is 4.61. The second-order valence-electron chi connectivity index (χ2n) is 6.75. The van der Waals surface area contributed by atoms with Crippen molar-refractivity contribution in [1.29, 1.82) is 0 Å². The number of ketones is 1. The van der Waals surface area contributed by atoms with Gasteiger partial charge in [-0.2, -0.15) is 0 Å². The number of nitrogens with zero attached hydrogens (tertiary/aromatic N) is 1. The van der Waals surface area contributed by atoms with Crippen molar-refractivity contribution in [2.45, 2.75) is 6.92 Å². The molecule has 0 atom stereocenters. The zero-order valence-electron chi connectivity index (χ0n) is 15.6. The molecule has 29 heavy (non-hydrogen) atoms. The predicted molar refractivity (Wildman–Crippen MR) is 112 cm³/mol. The molecule has 0 radical (unpaired) electrons. The van der Waals surface area contributed by atoms with Crippen LogP contribution in [0, 0.1) is 12.7 Å². The van der Waals surface area contributed by atoms with Crippen LogP contribution in [0.15, 0.2) is 77.9 Å². The minimum absolute atomic E-state index is 0.0221. The summed E-state index contributed by atoms with van der Waals surface area (Å²) >= 11 is 0. The highest BCUT2D eigenvalue weighted by Crippen LogP contribution is 2.30. The van der Waals surface area contributed by atoms with Gasteiger partial charge < -0.3 is 4.98 Å². The first-order valence-corrected chi connectivity index (χ1v) is 9.08. The maximum absolute atomic E-state index is 14.0. The van der Waals surface area contributed by atoms with Crippen molar-refractivity contribution < 1.29 is 9.18 Å². The molecule has 4 aromatic rings. The van der Waals surface area contributed by atoms with E-state index in [4.69, 9.17) is 0 Å². The van der Waals surface area contributed by atoms with Gasteiger partial charge in [0, 0.05) is 28.9 Å². The van der Waals surface area contributed by atoms with Crippen LogP contribution in [0.4, 0.5) is 4.39 Å². The first-order valence-electron chi connectivity index (χ1n) is 9.08. The number of H-pyrrole nitrogens is 1. The Labute approximate surface area is 166 Å². The molecule has 0 saturated heterocycles. The SMILES string of the molecule is Cc1cncc(/C=C/C(=O)c2c(-c3ccccc3)c3cc(F)ccc3[nH]c2=O)c1. The number of nitrogens with one attached hydrogen (secondary N) is 1. The van der Waals surface area contributed by atoms with E-state index in [1.54, 1.807) is 30.6 Å². The summed E-state index contributed by atoms with van der Waals surface area (Å²) in [5.74, 6) is -0.903. The fourth-order valence-corrected chi connectivity index (χ4v) is 3.33. The average Bonchev–Trinajstić information content (AvgIpc) is 2.72. The lowest BCUT2D eigenvalue weighted by atomic mass is 9.94. The summed E-state index contributed by atoms with van der Waals surface area (Å²) in [6.45, 7) is 1.91. The molecule has 0 saturated carbocycles. The molecular formula is C24H17FN2O2. The Bertz CT molecular complexity index is 1310. The number of allylic oxidation sites excluding steroid dienone is 1. The van der Waals surface area contributed by atoms with Crippen molar-refractivity contribution in [1.82, 2.24) is 9.97 Å². The number of hydrogen-bond donors (Lipinski definition) is 1. The number of carbonyl (C=O) groups is 1. The predicted octanol–water partition coefficient (Wildman–Crippen LogP) is 4.93. The molecule has 5 heteroatoms. The summed E-state index contributed by atoms with van der Waals surface area (Å²) in [5.41, 5.74) is 2.74. The Balaban J connectivity index is 1.92. The maximum atomic E-state index is 14.0. The fraction of sp³-hybridized carbons (Fsp3) is 0.0417. The Hall–Kier alpha value is -3.86. The Morgan fingerprint density at radius 2 is 1.86 bits per heavy atom. The summed E-state index contributed by atoms with van der Waals surface area (Å²) in [6.07, 6.45) is 6.31. The Morgan fingerprint density at radius 1 is 1.07 bits per heavy atom. The summed E-state index contributed by atoms with van der Waals surface area (Å²) in [6, 6.07) is 15.0. The molecule has 0 unspecified atom stereocenters. The van der Waals surface area contributed by atoms with E-state index in [1.165, 1.54) is 24.3 Å². The van der Waals surface area contributed by atoms with Crippen molar-refractivity contribution in [3.63, 3.8) is 0 Å². The number of halogens is 1. The topological polar surface area (TPSA) is 62.8 Å². The zero-order valence-corrected chi connectivity index (χ0v) is 15.6. The van der Waals surface area contributed by atoms with Gasteiger partial charge in [-0.25, -0.2) is 4.39 Å². The van der Waals surface area contributed by atoms with E-state index >= 15 is 0 Å². The first kappa shape index (κ1) is 18.5. The number of aryl methyl sites for hydroxylation is 1. The third-order valence-corrected chi connectivity index (χ3v) is 4.61. The van der Waals surface area contributed by atoms with Crippen LogP contribution in [0.3, 0.4) is 0 Å². The minimum atomic E-state index is -0.514. The van der Waals surface area contributed by atoms with Crippen molar-refractivity contribution in [3.05, 3.63) is 106 Å². The summed E-state index contributed by atoms with van der Waals surface area (Å²) in [7, 11) is 0. The number of aromatic nitrogens is 2. The number of aromatic amines is 1. The van der Waals surface area contributed by atoms with E-state index in [0.29, 0.717) is 22.0 Å². The van der Waals surface area contributed by atoms with Crippen LogP contribution in [-0.4, -0.2) is 15.8 Å². The van der Waals surface area contributed by atoms with Crippen LogP contribution in [0.2, 0.25) is 0 Å². The van der Waals surface area contributed by atoms with Gasteiger partial charge in [-0.1, -0.05) is 30.3 Å². The van der Waals surface area contributed by atoms with Crippen molar-refractivity contribution >= 4 is 22.8 Å². The lowest BCUT2D eigenvalue weighted by molar-refractivity contribution is 0.104. The fourth-order valence-electron chi connectivity index (χ4n) is 3.33. The van der Waals surface area contributed by atoms with E-state index in [9.17, 15) is 14.0 Å².